The van der Waals surface area contributed by atoms with E-state index in [2.05, 4.69) is 48.3 Å². The highest BCUT2D eigenvalue weighted by Gasteiger charge is 2.25. The van der Waals surface area contributed by atoms with Crippen molar-refractivity contribution >= 4 is 39.8 Å². The third-order valence-electron chi connectivity index (χ3n) is 5.66. The first-order chi connectivity index (χ1) is 14.1. The Morgan fingerprint density at radius 1 is 1.16 bits per heavy atom. The van der Waals surface area contributed by atoms with Crippen LogP contribution in [-0.2, 0) is 16.4 Å². The normalized spacial score (nSPS) is 17.3. The van der Waals surface area contributed by atoms with Gasteiger partial charge in [0.1, 0.15) is 0 Å². The largest absolute Gasteiger partial charge is 0.357 e. The number of benzene rings is 1. The standard InChI is InChI=1S/C22H39N5O2S.HI/c1-7-23-22(24-15-19-8-9-21(18(4)14-19)30(6,28)29)25-16-20(17(2)3)27-12-10-26(5)11-13-27;/h8-9,14,17,20H,7,10-13,15-16H2,1-6H3,(H2,23,24,25);1H. The van der Waals surface area contributed by atoms with E-state index in [9.17, 15) is 8.42 Å². The monoisotopic (exact) mass is 565 g/mol. The minimum atomic E-state index is -3.20. The van der Waals surface area contributed by atoms with Crippen molar-refractivity contribution < 1.29 is 8.42 Å². The zero-order valence-electron chi connectivity index (χ0n) is 19.8. The number of nitrogens with one attached hydrogen (secondary N) is 2. The second-order valence-corrected chi connectivity index (χ2v) is 10.6. The van der Waals surface area contributed by atoms with E-state index in [0.29, 0.717) is 23.4 Å². The van der Waals surface area contributed by atoms with Crippen molar-refractivity contribution in [2.75, 3.05) is 52.6 Å². The maximum atomic E-state index is 11.8. The molecular formula is C22H40IN5O2S. The van der Waals surface area contributed by atoms with Crippen LogP contribution in [0, 0.1) is 12.8 Å². The first kappa shape index (κ1) is 28.1. The number of halogens is 1. The van der Waals surface area contributed by atoms with Gasteiger partial charge in [0.25, 0.3) is 0 Å². The first-order valence-corrected chi connectivity index (χ1v) is 12.7. The summed E-state index contributed by atoms with van der Waals surface area (Å²) in [6, 6.07) is 5.89. The molecule has 1 unspecified atom stereocenters. The van der Waals surface area contributed by atoms with Crippen LogP contribution in [0.2, 0.25) is 0 Å². The molecule has 0 bridgehead atoms. The van der Waals surface area contributed by atoms with Crippen LogP contribution in [0.4, 0.5) is 0 Å². The van der Waals surface area contributed by atoms with E-state index in [1.807, 2.05) is 19.1 Å². The summed E-state index contributed by atoms with van der Waals surface area (Å²) in [5, 5.41) is 6.84. The minimum absolute atomic E-state index is 0. The zero-order chi connectivity index (χ0) is 22.3. The molecule has 178 valence electrons. The molecule has 1 fully saturated rings. The van der Waals surface area contributed by atoms with Crippen molar-refractivity contribution in [3.63, 3.8) is 0 Å². The second kappa shape index (κ2) is 13.0. The summed E-state index contributed by atoms with van der Waals surface area (Å²) >= 11 is 0. The Hall–Kier alpha value is -0.910. The number of rotatable bonds is 8. The van der Waals surface area contributed by atoms with Crippen LogP contribution in [0.1, 0.15) is 31.9 Å². The molecule has 0 spiro atoms. The van der Waals surface area contributed by atoms with E-state index < -0.39 is 9.84 Å². The molecule has 0 saturated carbocycles. The maximum Gasteiger partial charge on any atom is 0.191 e. The van der Waals surface area contributed by atoms with Gasteiger partial charge >= 0.3 is 0 Å². The predicted octanol–water partition coefficient (Wildman–Crippen LogP) is 2.34. The van der Waals surface area contributed by atoms with Gasteiger partial charge in [0.15, 0.2) is 15.8 Å². The SMILES string of the molecule is CCNC(=NCc1ccc(S(C)(=O)=O)c(C)c1)NCC(C(C)C)N1CCN(C)CC1.I. The Morgan fingerprint density at radius 3 is 2.32 bits per heavy atom. The molecule has 2 N–H and O–H groups in total. The van der Waals surface area contributed by atoms with Gasteiger partial charge < -0.3 is 15.5 Å². The first-order valence-electron chi connectivity index (χ1n) is 10.9. The summed E-state index contributed by atoms with van der Waals surface area (Å²) < 4.78 is 23.6. The third kappa shape index (κ3) is 8.86. The topological polar surface area (TPSA) is 77.0 Å². The Labute approximate surface area is 206 Å². The molecule has 1 aliphatic rings. The molecule has 0 aromatic heterocycles. The number of sulfone groups is 1. The summed E-state index contributed by atoms with van der Waals surface area (Å²) in [5.41, 5.74) is 1.76. The number of aliphatic imine (C=N–C) groups is 1. The minimum Gasteiger partial charge on any atom is -0.357 e. The lowest BCUT2D eigenvalue weighted by Gasteiger charge is -2.40. The summed E-state index contributed by atoms with van der Waals surface area (Å²) in [4.78, 5) is 10.1. The van der Waals surface area contributed by atoms with Gasteiger partial charge in [0.2, 0.25) is 0 Å². The fraction of sp³-hybridized carbons (Fsp3) is 0.682. The Bertz CT molecular complexity index is 821. The van der Waals surface area contributed by atoms with E-state index in [1.54, 1.807) is 6.07 Å². The van der Waals surface area contributed by atoms with Crippen molar-refractivity contribution in [2.45, 2.75) is 45.2 Å². The molecule has 1 aromatic carbocycles. The van der Waals surface area contributed by atoms with Crippen LogP contribution < -0.4 is 10.6 Å². The molecule has 1 aliphatic heterocycles. The van der Waals surface area contributed by atoms with Gasteiger partial charge in [-0.05, 0) is 44.0 Å². The molecule has 1 aromatic rings. The number of piperazine rings is 1. The molecule has 1 atom stereocenters. The Morgan fingerprint density at radius 2 is 1.81 bits per heavy atom. The number of nitrogens with zero attached hydrogens (tertiary/aromatic N) is 3. The molecule has 2 rings (SSSR count). The molecule has 9 heteroatoms. The van der Waals surface area contributed by atoms with Gasteiger partial charge in [-0.25, -0.2) is 13.4 Å². The number of hydrogen-bond acceptors (Lipinski definition) is 5. The van der Waals surface area contributed by atoms with Crippen LogP contribution in [0.15, 0.2) is 28.1 Å². The summed E-state index contributed by atoms with van der Waals surface area (Å²) in [6.45, 7) is 15.0. The van der Waals surface area contributed by atoms with Gasteiger partial charge in [0, 0.05) is 51.6 Å². The number of likely N-dealkylation sites (N-methyl/N-ethyl adjacent to an activating group) is 1. The van der Waals surface area contributed by atoms with E-state index in [4.69, 9.17) is 4.99 Å². The molecule has 1 saturated heterocycles. The van der Waals surface area contributed by atoms with Crippen molar-refractivity contribution in [1.82, 2.24) is 20.4 Å². The molecule has 31 heavy (non-hydrogen) atoms. The van der Waals surface area contributed by atoms with E-state index in [0.717, 1.165) is 56.4 Å². The third-order valence-corrected chi connectivity index (χ3v) is 6.91. The van der Waals surface area contributed by atoms with Crippen molar-refractivity contribution in [2.24, 2.45) is 10.9 Å². The van der Waals surface area contributed by atoms with E-state index in [-0.39, 0.29) is 24.0 Å². The highest BCUT2D eigenvalue weighted by Crippen LogP contribution is 2.17. The van der Waals surface area contributed by atoms with Crippen LogP contribution in [0.3, 0.4) is 0 Å². The van der Waals surface area contributed by atoms with Crippen LogP contribution in [0.5, 0.6) is 0 Å². The van der Waals surface area contributed by atoms with Gasteiger partial charge in [-0.1, -0.05) is 26.0 Å². The van der Waals surface area contributed by atoms with Crippen molar-refractivity contribution in [3.05, 3.63) is 29.3 Å². The summed E-state index contributed by atoms with van der Waals surface area (Å²) in [7, 11) is -1.02. The number of hydrogen-bond donors (Lipinski definition) is 2. The molecule has 0 aliphatic carbocycles. The fourth-order valence-electron chi connectivity index (χ4n) is 3.88. The lowest BCUT2D eigenvalue weighted by Crippen LogP contribution is -2.55. The Kier molecular flexibility index (Phi) is 11.8. The lowest BCUT2D eigenvalue weighted by atomic mass is 10.0. The fourth-order valence-corrected chi connectivity index (χ4v) is 4.84. The predicted molar refractivity (Wildman–Crippen MR) is 140 cm³/mol. The summed E-state index contributed by atoms with van der Waals surface area (Å²) in [6.07, 6.45) is 1.24. The zero-order valence-corrected chi connectivity index (χ0v) is 23.0. The second-order valence-electron chi connectivity index (χ2n) is 8.60. The van der Waals surface area contributed by atoms with Gasteiger partial charge in [-0.3, -0.25) is 4.90 Å². The Balaban J connectivity index is 0.00000480. The number of aryl methyl sites for hydroxylation is 1. The van der Waals surface area contributed by atoms with Gasteiger partial charge in [-0.2, -0.15) is 0 Å². The van der Waals surface area contributed by atoms with Gasteiger partial charge in [-0.15, -0.1) is 24.0 Å². The molecule has 0 radical (unpaired) electrons. The molecule has 1 heterocycles. The van der Waals surface area contributed by atoms with Crippen LogP contribution in [-0.4, -0.2) is 82.8 Å². The molecule has 0 amide bonds. The average molecular weight is 566 g/mol. The van der Waals surface area contributed by atoms with E-state index >= 15 is 0 Å². The van der Waals surface area contributed by atoms with Crippen LogP contribution >= 0.6 is 24.0 Å². The van der Waals surface area contributed by atoms with E-state index in [1.165, 1.54) is 6.26 Å². The van der Waals surface area contributed by atoms with Gasteiger partial charge in [0.05, 0.1) is 11.4 Å². The van der Waals surface area contributed by atoms with Crippen molar-refractivity contribution in [3.8, 4) is 0 Å². The summed E-state index contributed by atoms with van der Waals surface area (Å²) in [5.74, 6) is 1.34. The molecule has 7 nitrogen and oxygen atoms in total. The average Bonchev–Trinajstić information content (AvgIpc) is 2.66. The lowest BCUT2D eigenvalue weighted by molar-refractivity contribution is 0.0900. The number of guanidine groups is 1. The molecular weight excluding hydrogens is 525 g/mol. The van der Waals surface area contributed by atoms with Crippen LogP contribution in [0.25, 0.3) is 0 Å². The highest BCUT2D eigenvalue weighted by atomic mass is 127. The maximum absolute atomic E-state index is 11.8. The highest BCUT2D eigenvalue weighted by molar-refractivity contribution is 14.0. The smallest absolute Gasteiger partial charge is 0.191 e. The quantitative estimate of drug-likeness (QED) is 0.287. The van der Waals surface area contributed by atoms with Crippen molar-refractivity contribution in [1.29, 1.82) is 0 Å².